The molecule has 2 heterocycles. The first kappa shape index (κ1) is 20.1. The molecule has 0 bridgehead atoms. The molecule has 1 aromatic rings. The molecule has 0 aromatic carbocycles. The first-order chi connectivity index (χ1) is 12.9. The molecule has 0 radical (unpaired) electrons. The average Bonchev–Trinajstić information content (AvgIpc) is 2.91. The van der Waals surface area contributed by atoms with Crippen molar-refractivity contribution in [1.82, 2.24) is 15.3 Å². The number of nitrogens with zero attached hydrogens (tertiary/aromatic N) is 3. The maximum atomic E-state index is 13.3. The maximum absolute atomic E-state index is 13.3. The highest BCUT2D eigenvalue weighted by atomic mass is 32.1. The van der Waals surface area contributed by atoms with Gasteiger partial charge in [0.05, 0.1) is 0 Å². The minimum Gasteiger partial charge on any atom is -0.360 e. The number of aromatic nitrogens is 2. The third kappa shape index (κ3) is 5.92. The van der Waals surface area contributed by atoms with Gasteiger partial charge in [0, 0.05) is 25.2 Å². The van der Waals surface area contributed by atoms with Gasteiger partial charge in [-0.1, -0.05) is 32.1 Å². The molecule has 1 aromatic heterocycles. The summed E-state index contributed by atoms with van der Waals surface area (Å²) in [6.07, 6.45) is 5.09. The van der Waals surface area contributed by atoms with Crippen LogP contribution in [0.15, 0.2) is 6.07 Å². The van der Waals surface area contributed by atoms with Crippen molar-refractivity contribution in [3.8, 4) is 0 Å². The molecule has 5 nitrogen and oxygen atoms in total. The molecule has 1 saturated carbocycles. The molecule has 0 amide bonds. The van der Waals surface area contributed by atoms with Crippen molar-refractivity contribution in [2.45, 2.75) is 70.0 Å². The fourth-order valence-electron chi connectivity index (χ4n) is 3.67. The van der Waals surface area contributed by atoms with Crippen LogP contribution in [0.3, 0.4) is 0 Å². The lowest BCUT2D eigenvalue weighted by molar-refractivity contribution is -0.141. The van der Waals surface area contributed by atoms with E-state index in [-0.39, 0.29) is 17.1 Å². The first-order valence-electron chi connectivity index (χ1n) is 9.70. The molecule has 150 valence electrons. The van der Waals surface area contributed by atoms with E-state index in [4.69, 9.17) is 12.2 Å². The van der Waals surface area contributed by atoms with Crippen molar-refractivity contribution < 1.29 is 13.2 Å². The molecular weight excluding hydrogens is 375 g/mol. The van der Waals surface area contributed by atoms with Crippen LogP contribution in [0, 0.1) is 0 Å². The lowest BCUT2D eigenvalue weighted by Gasteiger charge is -2.25. The molecule has 2 fully saturated rings. The fraction of sp³-hybridized carbons (Fsp3) is 0.722. The second-order valence-electron chi connectivity index (χ2n) is 7.27. The van der Waals surface area contributed by atoms with Crippen molar-refractivity contribution in [2.24, 2.45) is 0 Å². The van der Waals surface area contributed by atoms with Gasteiger partial charge >= 0.3 is 6.18 Å². The summed E-state index contributed by atoms with van der Waals surface area (Å²) >= 11 is 5.28. The lowest BCUT2D eigenvalue weighted by atomic mass is 9.96. The molecule has 1 saturated heterocycles. The van der Waals surface area contributed by atoms with E-state index < -0.39 is 11.9 Å². The maximum Gasteiger partial charge on any atom is 0.433 e. The summed E-state index contributed by atoms with van der Waals surface area (Å²) in [5.41, 5.74) is -0.945. The number of halogens is 3. The van der Waals surface area contributed by atoms with Crippen LogP contribution in [0.1, 0.15) is 63.5 Å². The number of thiocarbonyl (C=S) groups is 1. The topological polar surface area (TPSA) is 53.1 Å². The highest BCUT2D eigenvalue weighted by Gasteiger charge is 2.34. The molecule has 0 unspecified atom stereocenters. The quantitative estimate of drug-likeness (QED) is 0.728. The van der Waals surface area contributed by atoms with Gasteiger partial charge in [-0.3, -0.25) is 0 Å². The van der Waals surface area contributed by atoms with Gasteiger partial charge in [-0.05, 0) is 37.9 Å². The van der Waals surface area contributed by atoms with E-state index in [2.05, 4.69) is 20.6 Å². The molecule has 0 spiro atoms. The zero-order chi connectivity index (χ0) is 19.3. The minimum absolute atomic E-state index is 0.0996. The molecule has 3 rings (SSSR count). The number of anilines is 2. The van der Waals surface area contributed by atoms with Crippen LogP contribution >= 0.6 is 12.2 Å². The molecule has 27 heavy (non-hydrogen) atoms. The minimum atomic E-state index is -4.53. The second-order valence-corrected chi connectivity index (χ2v) is 7.68. The summed E-state index contributed by atoms with van der Waals surface area (Å²) < 4.78 is 40.0. The van der Waals surface area contributed by atoms with Crippen LogP contribution in [-0.2, 0) is 6.18 Å². The fourth-order valence-corrected chi connectivity index (χ4v) is 3.93. The molecular formula is C18H26F3N5S. The Kier molecular flexibility index (Phi) is 6.73. The van der Waals surface area contributed by atoms with Gasteiger partial charge in [0.1, 0.15) is 5.82 Å². The molecule has 0 atom stereocenters. The third-order valence-electron chi connectivity index (χ3n) is 5.10. The number of nitrogens with one attached hydrogen (secondary N) is 2. The Labute approximate surface area is 163 Å². The summed E-state index contributed by atoms with van der Waals surface area (Å²) in [6.45, 7) is 1.41. The van der Waals surface area contributed by atoms with E-state index >= 15 is 0 Å². The Morgan fingerprint density at radius 3 is 2.26 bits per heavy atom. The Hall–Kier alpha value is -1.64. The Bertz CT molecular complexity index is 638. The number of rotatable bonds is 3. The predicted octanol–water partition coefficient (Wildman–Crippen LogP) is 4.49. The first-order valence-corrected chi connectivity index (χ1v) is 10.1. The summed E-state index contributed by atoms with van der Waals surface area (Å²) in [7, 11) is 0. The zero-order valence-corrected chi connectivity index (χ0v) is 16.1. The van der Waals surface area contributed by atoms with Crippen LogP contribution < -0.4 is 15.5 Å². The molecule has 2 N–H and O–H groups in total. The summed E-state index contributed by atoms with van der Waals surface area (Å²) in [6, 6.07) is 1.29. The van der Waals surface area contributed by atoms with Crippen molar-refractivity contribution in [1.29, 1.82) is 0 Å². The van der Waals surface area contributed by atoms with Crippen molar-refractivity contribution >= 4 is 29.1 Å². The number of alkyl halides is 3. The standard InChI is InChI=1S/C18H26F3N5S/c19-18(20,21)14-12-15(26-10-6-1-2-7-11-26)24-16(23-14)25-17(27)22-13-8-4-3-5-9-13/h12-13H,1-11H2,(H2,22,23,24,25,27). The monoisotopic (exact) mass is 401 g/mol. The van der Waals surface area contributed by atoms with E-state index in [1.54, 1.807) is 0 Å². The second kappa shape index (κ2) is 9.03. The van der Waals surface area contributed by atoms with Crippen LogP contribution in [0.4, 0.5) is 24.9 Å². The van der Waals surface area contributed by atoms with Gasteiger partial charge < -0.3 is 15.5 Å². The van der Waals surface area contributed by atoms with Crippen LogP contribution in [-0.4, -0.2) is 34.2 Å². The van der Waals surface area contributed by atoms with E-state index in [9.17, 15) is 13.2 Å². The van der Waals surface area contributed by atoms with Crippen molar-refractivity contribution in [3.05, 3.63) is 11.8 Å². The average molecular weight is 402 g/mol. The number of hydrogen-bond donors (Lipinski definition) is 2. The van der Waals surface area contributed by atoms with E-state index in [1.807, 2.05) is 4.90 Å². The van der Waals surface area contributed by atoms with E-state index in [0.717, 1.165) is 57.4 Å². The van der Waals surface area contributed by atoms with Crippen molar-refractivity contribution in [3.63, 3.8) is 0 Å². The van der Waals surface area contributed by atoms with Gasteiger partial charge in [0.25, 0.3) is 0 Å². The van der Waals surface area contributed by atoms with Gasteiger partial charge in [0.2, 0.25) is 5.95 Å². The Balaban J connectivity index is 1.76. The zero-order valence-electron chi connectivity index (χ0n) is 15.3. The Morgan fingerprint density at radius 2 is 1.63 bits per heavy atom. The van der Waals surface area contributed by atoms with Crippen molar-refractivity contribution in [2.75, 3.05) is 23.3 Å². The SMILES string of the molecule is FC(F)(F)c1cc(N2CCCCCC2)nc(NC(=S)NC2CCCCC2)n1. The smallest absolute Gasteiger partial charge is 0.360 e. The number of hydrogen-bond acceptors (Lipinski definition) is 4. The van der Waals surface area contributed by atoms with Gasteiger partial charge in [-0.2, -0.15) is 18.2 Å². The highest BCUT2D eigenvalue weighted by molar-refractivity contribution is 7.80. The summed E-state index contributed by atoms with van der Waals surface area (Å²) in [5, 5.41) is 6.23. The normalized spacial score (nSPS) is 19.4. The summed E-state index contributed by atoms with van der Waals surface area (Å²) in [4.78, 5) is 9.89. The molecule has 9 heteroatoms. The molecule has 1 aliphatic heterocycles. The third-order valence-corrected chi connectivity index (χ3v) is 5.32. The summed E-state index contributed by atoms with van der Waals surface area (Å²) in [5.74, 6) is 0.208. The van der Waals surface area contributed by atoms with Crippen LogP contribution in [0.25, 0.3) is 0 Å². The predicted molar refractivity (Wildman–Crippen MR) is 104 cm³/mol. The van der Waals surface area contributed by atoms with E-state index in [0.29, 0.717) is 18.9 Å². The molecule has 1 aliphatic carbocycles. The largest absolute Gasteiger partial charge is 0.433 e. The highest BCUT2D eigenvalue weighted by Crippen LogP contribution is 2.31. The Morgan fingerprint density at radius 1 is 1.00 bits per heavy atom. The van der Waals surface area contributed by atoms with Gasteiger partial charge in [0.15, 0.2) is 10.8 Å². The van der Waals surface area contributed by atoms with Crippen LogP contribution in [0.2, 0.25) is 0 Å². The van der Waals surface area contributed by atoms with Gasteiger partial charge in [-0.25, -0.2) is 4.98 Å². The molecule has 2 aliphatic rings. The lowest BCUT2D eigenvalue weighted by Crippen LogP contribution is -2.39. The van der Waals surface area contributed by atoms with Gasteiger partial charge in [-0.15, -0.1) is 0 Å². The van der Waals surface area contributed by atoms with E-state index in [1.165, 1.54) is 6.42 Å². The van der Waals surface area contributed by atoms with Crippen LogP contribution in [0.5, 0.6) is 0 Å².